The van der Waals surface area contributed by atoms with Crippen molar-refractivity contribution in [2.24, 2.45) is 0 Å². The average molecular weight is 377 g/mol. The van der Waals surface area contributed by atoms with Crippen LogP contribution in [0.15, 0.2) is 41.9 Å². The SMILES string of the molecule is CC1=C(O)C(=O)N(c2ccc3nc[nH]c3c2)C1c1c(F)c(F)cc(F)c1F. The maximum absolute atomic E-state index is 14.4. The molecule has 9 heteroatoms. The second-order valence-corrected chi connectivity index (χ2v) is 6.10. The predicted octanol–water partition coefficient (Wildman–Crippen LogP) is 4.04. The highest BCUT2D eigenvalue weighted by molar-refractivity contribution is 6.09. The van der Waals surface area contributed by atoms with Crippen molar-refractivity contribution in [3.8, 4) is 0 Å². The minimum atomic E-state index is -1.63. The Kier molecular flexibility index (Phi) is 3.69. The van der Waals surface area contributed by atoms with E-state index in [9.17, 15) is 27.5 Å². The predicted molar refractivity (Wildman–Crippen MR) is 87.9 cm³/mol. The first-order chi connectivity index (χ1) is 12.8. The van der Waals surface area contributed by atoms with E-state index in [1.807, 2.05) is 0 Å². The van der Waals surface area contributed by atoms with Gasteiger partial charge >= 0.3 is 0 Å². The van der Waals surface area contributed by atoms with E-state index in [1.165, 1.54) is 25.4 Å². The van der Waals surface area contributed by atoms with Crippen molar-refractivity contribution in [3.63, 3.8) is 0 Å². The summed E-state index contributed by atoms with van der Waals surface area (Å²) in [5.41, 5.74) is 0.132. The molecule has 3 aromatic rings. The van der Waals surface area contributed by atoms with Crippen LogP contribution in [0.3, 0.4) is 0 Å². The molecule has 1 aliphatic heterocycles. The number of fused-ring (bicyclic) bond motifs is 1. The molecular weight excluding hydrogens is 366 g/mol. The molecule has 1 amide bonds. The highest BCUT2D eigenvalue weighted by atomic mass is 19.2. The molecule has 4 rings (SSSR count). The summed E-state index contributed by atoms with van der Waals surface area (Å²) < 4.78 is 56.2. The Labute approximate surface area is 149 Å². The number of benzene rings is 2. The molecule has 5 nitrogen and oxygen atoms in total. The quantitative estimate of drug-likeness (QED) is 0.523. The van der Waals surface area contributed by atoms with Gasteiger partial charge in [-0.05, 0) is 25.1 Å². The second-order valence-electron chi connectivity index (χ2n) is 6.10. The zero-order valence-electron chi connectivity index (χ0n) is 13.7. The van der Waals surface area contributed by atoms with Gasteiger partial charge in [-0.25, -0.2) is 22.5 Å². The van der Waals surface area contributed by atoms with Crippen LogP contribution >= 0.6 is 0 Å². The number of carbonyl (C=O) groups excluding carboxylic acids is 1. The largest absolute Gasteiger partial charge is 0.503 e. The molecule has 1 unspecified atom stereocenters. The first-order valence-corrected chi connectivity index (χ1v) is 7.80. The van der Waals surface area contributed by atoms with Gasteiger partial charge in [-0.1, -0.05) is 0 Å². The van der Waals surface area contributed by atoms with Gasteiger partial charge in [0.15, 0.2) is 29.0 Å². The third-order valence-corrected chi connectivity index (χ3v) is 4.56. The first kappa shape index (κ1) is 17.1. The van der Waals surface area contributed by atoms with Crippen molar-refractivity contribution in [2.75, 3.05) is 4.90 Å². The first-order valence-electron chi connectivity index (χ1n) is 7.80. The van der Waals surface area contributed by atoms with Crippen LogP contribution in [-0.2, 0) is 4.79 Å². The van der Waals surface area contributed by atoms with Crippen LogP contribution in [0.1, 0.15) is 18.5 Å². The van der Waals surface area contributed by atoms with Crippen molar-refractivity contribution in [1.82, 2.24) is 9.97 Å². The number of aliphatic hydroxyl groups is 1. The Bertz CT molecular complexity index is 1110. The van der Waals surface area contributed by atoms with Crippen LogP contribution in [0.4, 0.5) is 23.2 Å². The number of anilines is 1. The lowest BCUT2D eigenvalue weighted by molar-refractivity contribution is -0.117. The molecule has 2 N–H and O–H groups in total. The van der Waals surface area contributed by atoms with E-state index in [0.29, 0.717) is 11.0 Å². The molecule has 0 spiro atoms. The zero-order valence-corrected chi connectivity index (χ0v) is 13.7. The number of amides is 1. The van der Waals surface area contributed by atoms with Gasteiger partial charge in [0.05, 0.1) is 29.0 Å². The molecule has 138 valence electrons. The molecule has 0 radical (unpaired) electrons. The summed E-state index contributed by atoms with van der Waals surface area (Å²) in [7, 11) is 0. The molecule has 0 saturated carbocycles. The smallest absolute Gasteiger partial charge is 0.293 e. The van der Waals surface area contributed by atoms with Crippen molar-refractivity contribution in [1.29, 1.82) is 0 Å². The van der Waals surface area contributed by atoms with Gasteiger partial charge in [0, 0.05) is 17.3 Å². The van der Waals surface area contributed by atoms with Gasteiger partial charge in [-0.3, -0.25) is 9.69 Å². The van der Waals surface area contributed by atoms with Gasteiger partial charge in [0.25, 0.3) is 5.91 Å². The van der Waals surface area contributed by atoms with Crippen LogP contribution in [-0.4, -0.2) is 21.0 Å². The fourth-order valence-electron chi connectivity index (χ4n) is 3.24. The maximum atomic E-state index is 14.4. The summed E-state index contributed by atoms with van der Waals surface area (Å²) in [6, 6.07) is 3.01. The molecule has 2 heterocycles. The van der Waals surface area contributed by atoms with E-state index in [-0.39, 0.29) is 17.3 Å². The van der Waals surface area contributed by atoms with Crippen molar-refractivity contribution in [2.45, 2.75) is 13.0 Å². The molecule has 0 fully saturated rings. The Balaban J connectivity index is 1.95. The Morgan fingerprint density at radius 1 is 1.11 bits per heavy atom. The lowest BCUT2D eigenvalue weighted by atomic mass is 9.98. The van der Waals surface area contributed by atoms with Crippen molar-refractivity contribution < 1.29 is 27.5 Å². The van der Waals surface area contributed by atoms with E-state index in [0.717, 1.165) is 4.90 Å². The molecule has 1 atom stereocenters. The molecule has 0 aliphatic carbocycles. The van der Waals surface area contributed by atoms with Gasteiger partial charge in [-0.2, -0.15) is 0 Å². The summed E-state index contributed by atoms with van der Waals surface area (Å²) in [5.74, 6) is -8.14. The molecular formula is C18H11F4N3O2. The average Bonchev–Trinajstić information content (AvgIpc) is 3.19. The number of halogens is 4. The number of aromatic nitrogens is 2. The number of nitrogens with zero attached hydrogens (tertiary/aromatic N) is 2. The van der Waals surface area contributed by atoms with E-state index in [1.54, 1.807) is 6.07 Å². The molecule has 1 aromatic heterocycles. The summed E-state index contributed by atoms with van der Waals surface area (Å²) in [4.78, 5) is 20.3. The van der Waals surface area contributed by atoms with Gasteiger partial charge in [-0.15, -0.1) is 0 Å². The number of imidazole rings is 1. The summed E-state index contributed by atoms with van der Waals surface area (Å²) in [6.45, 7) is 1.26. The van der Waals surface area contributed by atoms with Crippen LogP contribution in [0, 0.1) is 23.3 Å². The number of carbonyl (C=O) groups is 1. The fourth-order valence-corrected chi connectivity index (χ4v) is 3.24. The van der Waals surface area contributed by atoms with Gasteiger partial charge in [0.1, 0.15) is 0 Å². The maximum Gasteiger partial charge on any atom is 0.293 e. The molecule has 0 saturated heterocycles. The highest BCUT2D eigenvalue weighted by Crippen LogP contribution is 2.43. The van der Waals surface area contributed by atoms with Crippen LogP contribution in [0.25, 0.3) is 11.0 Å². The van der Waals surface area contributed by atoms with E-state index in [4.69, 9.17) is 0 Å². The monoisotopic (exact) mass is 377 g/mol. The third-order valence-electron chi connectivity index (χ3n) is 4.56. The van der Waals surface area contributed by atoms with Gasteiger partial charge < -0.3 is 10.1 Å². The number of nitrogens with one attached hydrogen (secondary N) is 1. The third kappa shape index (κ3) is 2.38. The molecule has 0 bridgehead atoms. The lowest BCUT2D eigenvalue weighted by Gasteiger charge is -2.27. The van der Waals surface area contributed by atoms with E-state index >= 15 is 0 Å². The normalized spacial score (nSPS) is 17.4. The Morgan fingerprint density at radius 3 is 2.44 bits per heavy atom. The number of rotatable bonds is 2. The topological polar surface area (TPSA) is 69.2 Å². The van der Waals surface area contributed by atoms with Crippen LogP contribution in [0.2, 0.25) is 0 Å². The Morgan fingerprint density at radius 2 is 1.78 bits per heavy atom. The highest BCUT2D eigenvalue weighted by Gasteiger charge is 2.43. The minimum Gasteiger partial charge on any atom is -0.503 e. The van der Waals surface area contributed by atoms with Gasteiger partial charge in [0.2, 0.25) is 0 Å². The number of H-pyrrole nitrogens is 1. The fraction of sp³-hybridized carbons (Fsp3) is 0.111. The zero-order chi connectivity index (χ0) is 19.5. The van der Waals surface area contributed by atoms with Crippen LogP contribution < -0.4 is 4.90 Å². The molecule has 27 heavy (non-hydrogen) atoms. The second kappa shape index (κ2) is 5.83. The van der Waals surface area contributed by atoms with E-state index in [2.05, 4.69) is 9.97 Å². The molecule has 2 aromatic carbocycles. The van der Waals surface area contributed by atoms with Crippen LogP contribution in [0.5, 0.6) is 0 Å². The lowest BCUT2D eigenvalue weighted by Crippen LogP contribution is -2.31. The number of aliphatic hydroxyl groups excluding tert-OH is 1. The number of hydrogen-bond donors (Lipinski definition) is 2. The standard InChI is InChI=1S/C18H11F4N3O2/c1-7-16(13-14(21)9(19)5-10(20)15(13)22)25(18(27)17(7)26)8-2-3-11-12(4-8)24-6-23-11/h2-6,16,26H,1H3,(H,23,24). The molecule has 1 aliphatic rings. The van der Waals surface area contributed by atoms with Crippen molar-refractivity contribution in [3.05, 3.63) is 70.8 Å². The van der Waals surface area contributed by atoms with E-state index < -0.39 is 46.5 Å². The summed E-state index contributed by atoms with van der Waals surface area (Å²) in [5, 5.41) is 10.1. The summed E-state index contributed by atoms with van der Waals surface area (Å²) in [6.07, 6.45) is 1.42. The summed E-state index contributed by atoms with van der Waals surface area (Å²) >= 11 is 0. The number of hydrogen-bond acceptors (Lipinski definition) is 3. The Hall–Kier alpha value is -3.36. The minimum absolute atomic E-state index is 0.0881. The number of aromatic amines is 1. The van der Waals surface area contributed by atoms with Crippen molar-refractivity contribution >= 4 is 22.6 Å².